The van der Waals surface area contributed by atoms with E-state index in [9.17, 15) is 0 Å². The summed E-state index contributed by atoms with van der Waals surface area (Å²) in [6.07, 6.45) is 3.21. The maximum absolute atomic E-state index is 8.97. The lowest BCUT2D eigenvalue weighted by atomic mass is 10.0. The van der Waals surface area contributed by atoms with Gasteiger partial charge >= 0.3 is 0 Å². The fourth-order valence-electron chi connectivity index (χ4n) is 2.00. The van der Waals surface area contributed by atoms with E-state index in [1.807, 2.05) is 24.3 Å². The monoisotopic (exact) mass is 280 g/mol. The number of rotatable bonds is 2. The minimum atomic E-state index is 0.588. The van der Waals surface area contributed by atoms with Crippen molar-refractivity contribution in [2.75, 3.05) is 0 Å². The zero-order valence-electron chi connectivity index (χ0n) is 10.4. The Hall–Kier alpha value is -2.57. The SMILES string of the molecule is N#Cc1cccc(-c2occc2-c2ccc(Cl)cn2)c1. The summed E-state index contributed by atoms with van der Waals surface area (Å²) < 4.78 is 5.55. The molecule has 4 heteroatoms. The third-order valence-electron chi connectivity index (χ3n) is 2.92. The van der Waals surface area contributed by atoms with Crippen LogP contribution in [0.15, 0.2) is 59.3 Å². The standard InChI is InChI=1S/C16H9ClN2O/c17-13-4-5-15(19-10-13)14-6-7-20-16(14)12-3-1-2-11(8-12)9-18/h1-8,10H. The Morgan fingerprint density at radius 2 is 2.05 bits per heavy atom. The lowest BCUT2D eigenvalue weighted by Gasteiger charge is -2.03. The van der Waals surface area contributed by atoms with Crippen molar-refractivity contribution in [3.05, 3.63) is 65.5 Å². The predicted molar refractivity (Wildman–Crippen MR) is 77.1 cm³/mol. The molecule has 96 valence electrons. The quantitative estimate of drug-likeness (QED) is 0.693. The zero-order chi connectivity index (χ0) is 13.9. The molecule has 0 aliphatic carbocycles. The van der Waals surface area contributed by atoms with Gasteiger partial charge < -0.3 is 4.42 Å². The van der Waals surface area contributed by atoms with E-state index >= 15 is 0 Å². The van der Waals surface area contributed by atoms with Crippen molar-refractivity contribution in [1.29, 1.82) is 5.26 Å². The van der Waals surface area contributed by atoms with Crippen LogP contribution in [-0.4, -0.2) is 4.98 Å². The largest absolute Gasteiger partial charge is 0.464 e. The predicted octanol–water partition coefficient (Wildman–Crippen LogP) is 4.53. The van der Waals surface area contributed by atoms with Crippen molar-refractivity contribution >= 4 is 11.6 Å². The van der Waals surface area contributed by atoms with Crippen LogP contribution in [0.5, 0.6) is 0 Å². The molecule has 3 rings (SSSR count). The van der Waals surface area contributed by atoms with Crippen LogP contribution in [0.25, 0.3) is 22.6 Å². The van der Waals surface area contributed by atoms with Crippen LogP contribution < -0.4 is 0 Å². The topological polar surface area (TPSA) is 49.8 Å². The molecule has 3 nitrogen and oxygen atoms in total. The van der Waals surface area contributed by atoms with Crippen LogP contribution in [0.3, 0.4) is 0 Å². The van der Waals surface area contributed by atoms with Gasteiger partial charge in [-0.15, -0.1) is 0 Å². The van der Waals surface area contributed by atoms with E-state index in [2.05, 4.69) is 11.1 Å². The molecule has 1 aromatic carbocycles. The number of benzene rings is 1. The number of hydrogen-bond donors (Lipinski definition) is 0. The summed E-state index contributed by atoms with van der Waals surface area (Å²) in [5.41, 5.74) is 3.09. The first-order valence-electron chi connectivity index (χ1n) is 5.98. The van der Waals surface area contributed by atoms with Gasteiger partial charge in [0.25, 0.3) is 0 Å². The van der Waals surface area contributed by atoms with Crippen molar-refractivity contribution in [3.63, 3.8) is 0 Å². The zero-order valence-corrected chi connectivity index (χ0v) is 11.1. The third kappa shape index (κ3) is 2.29. The van der Waals surface area contributed by atoms with Crippen molar-refractivity contribution in [2.24, 2.45) is 0 Å². The molecule has 0 aliphatic rings. The van der Waals surface area contributed by atoms with Crippen LogP contribution in [-0.2, 0) is 0 Å². The second-order valence-electron chi connectivity index (χ2n) is 4.22. The highest BCUT2D eigenvalue weighted by Crippen LogP contribution is 2.32. The van der Waals surface area contributed by atoms with Crippen molar-refractivity contribution < 1.29 is 4.42 Å². The molecule has 2 heterocycles. The first kappa shape index (κ1) is 12.5. The van der Waals surface area contributed by atoms with Gasteiger partial charge in [-0.2, -0.15) is 5.26 Å². The minimum absolute atomic E-state index is 0.588. The van der Waals surface area contributed by atoms with E-state index in [0.717, 1.165) is 16.8 Å². The number of nitriles is 1. The number of nitrogens with zero attached hydrogens (tertiary/aromatic N) is 2. The molecule has 0 amide bonds. The Labute approximate surface area is 121 Å². The normalized spacial score (nSPS) is 10.2. The number of halogens is 1. The lowest BCUT2D eigenvalue weighted by Crippen LogP contribution is -1.84. The molecule has 3 aromatic rings. The van der Waals surface area contributed by atoms with E-state index in [-0.39, 0.29) is 0 Å². The average molecular weight is 281 g/mol. The van der Waals surface area contributed by atoms with Gasteiger partial charge in [-0.3, -0.25) is 4.98 Å². The van der Waals surface area contributed by atoms with E-state index in [4.69, 9.17) is 21.3 Å². The van der Waals surface area contributed by atoms with Gasteiger partial charge in [-0.05, 0) is 30.3 Å². The highest BCUT2D eigenvalue weighted by molar-refractivity contribution is 6.30. The summed E-state index contributed by atoms with van der Waals surface area (Å²) in [5, 5.41) is 9.56. The van der Waals surface area contributed by atoms with Crippen molar-refractivity contribution in [3.8, 4) is 28.7 Å². The van der Waals surface area contributed by atoms with E-state index in [1.165, 1.54) is 0 Å². The molecular formula is C16H9ClN2O. The van der Waals surface area contributed by atoms with E-state index in [0.29, 0.717) is 16.3 Å². The van der Waals surface area contributed by atoms with Gasteiger partial charge in [0.15, 0.2) is 0 Å². The molecule has 0 fully saturated rings. The molecule has 0 unspecified atom stereocenters. The van der Waals surface area contributed by atoms with Crippen LogP contribution in [0.2, 0.25) is 5.02 Å². The molecule has 0 spiro atoms. The molecule has 20 heavy (non-hydrogen) atoms. The fourth-order valence-corrected chi connectivity index (χ4v) is 2.11. The van der Waals surface area contributed by atoms with Gasteiger partial charge in [-0.1, -0.05) is 23.7 Å². The third-order valence-corrected chi connectivity index (χ3v) is 3.15. The minimum Gasteiger partial charge on any atom is -0.464 e. The Kier molecular flexibility index (Phi) is 3.24. The highest BCUT2D eigenvalue weighted by atomic mass is 35.5. The summed E-state index contributed by atoms with van der Waals surface area (Å²) in [7, 11) is 0. The fraction of sp³-hybridized carbons (Fsp3) is 0. The van der Waals surface area contributed by atoms with Gasteiger partial charge in [0.1, 0.15) is 5.76 Å². The van der Waals surface area contributed by atoms with Crippen molar-refractivity contribution in [2.45, 2.75) is 0 Å². The number of hydrogen-bond acceptors (Lipinski definition) is 3. The second-order valence-corrected chi connectivity index (χ2v) is 4.65. The Morgan fingerprint density at radius 3 is 2.80 bits per heavy atom. The first-order valence-corrected chi connectivity index (χ1v) is 6.35. The van der Waals surface area contributed by atoms with Crippen molar-refractivity contribution in [1.82, 2.24) is 4.98 Å². The first-order chi connectivity index (χ1) is 9.78. The Balaban J connectivity index is 2.10. The second kappa shape index (κ2) is 5.20. The maximum atomic E-state index is 8.97. The van der Waals surface area contributed by atoms with Gasteiger partial charge in [0.05, 0.1) is 28.6 Å². The molecule has 0 radical (unpaired) electrons. The molecular weight excluding hydrogens is 272 g/mol. The molecule has 0 bridgehead atoms. The molecule has 0 aliphatic heterocycles. The van der Waals surface area contributed by atoms with Crippen LogP contribution in [0.4, 0.5) is 0 Å². The average Bonchev–Trinajstić information content (AvgIpc) is 2.97. The van der Waals surface area contributed by atoms with Gasteiger partial charge in [0, 0.05) is 17.3 Å². The summed E-state index contributed by atoms with van der Waals surface area (Å²) in [6.45, 7) is 0. The van der Waals surface area contributed by atoms with Crippen LogP contribution in [0, 0.1) is 11.3 Å². The Morgan fingerprint density at radius 1 is 1.15 bits per heavy atom. The maximum Gasteiger partial charge on any atom is 0.143 e. The molecule has 0 saturated carbocycles. The lowest BCUT2D eigenvalue weighted by molar-refractivity contribution is 0.583. The number of aromatic nitrogens is 1. The number of pyridine rings is 1. The molecule has 0 atom stereocenters. The van der Waals surface area contributed by atoms with Crippen LogP contribution in [0.1, 0.15) is 5.56 Å². The smallest absolute Gasteiger partial charge is 0.143 e. The Bertz CT molecular complexity index is 785. The van der Waals surface area contributed by atoms with Gasteiger partial charge in [-0.25, -0.2) is 0 Å². The summed E-state index contributed by atoms with van der Waals surface area (Å²) in [4.78, 5) is 4.29. The van der Waals surface area contributed by atoms with E-state index < -0.39 is 0 Å². The molecule has 0 saturated heterocycles. The van der Waals surface area contributed by atoms with Crippen LogP contribution >= 0.6 is 11.6 Å². The highest BCUT2D eigenvalue weighted by Gasteiger charge is 2.12. The summed E-state index contributed by atoms with van der Waals surface area (Å²) >= 11 is 5.85. The van der Waals surface area contributed by atoms with E-state index in [1.54, 1.807) is 30.7 Å². The molecule has 2 aromatic heterocycles. The number of furan rings is 1. The molecule has 0 N–H and O–H groups in total. The summed E-state index contributed by atoms with van der Waals surface area (Å²) in [6, 6.07) is 14.9. The van der Waals surface area contributed by atoms with Gasteiger partial charge in [0.2, 0.25) is 0 Å². The summed E-state index contributed by atoms with van der Waals surface area (Å²) in [5.74, 6) is 0.692.